The van der Waals surface area contributed by atoms with Gasteiger partial charge in [-0.3, -0.25) is 9.59 Å². The maximum Gasteiger partial charge on any atom is 0.328 e. The Balaban J connectivity index is 2.65. The number of amides is 3. The lowest BCUT2D eigenvalue weighted by Gasteiger charge is -2.29. The van der Waals surface area contributed by atoms with E-state index in [0.29, 0.717) is 29.8 Å². The van der Waals surface area contributed by atoms with Gasteiger partial charge in [-0.2, -0.15) is 0 Å². The summed E-state index contributed by atoms with van der Waals surface area (Å²) in [5.41, 5.74) is 1.15. The minimum atomic E-state index is -0.474. The second-order valence-corrected chi connectivity index (χ2v) is 6.19. The Bertz CT molecular complexity index is 616. The summed E-state index contributed by atoms with van der Waals surface area (Å²) in [5.74, 6) is 0.182. The number of rotatable bonds is 3. The van der Waals surface area contributed by atoms with E-state index in [1.165, 1.54) is 13.2 Å². The SMILES string of the molecule is COc1c(C=O)cc(N2C(=O)CCNC2=O)cc1C(C)(C)C. The summed E-state index contributed by atoms with van der Waals surface area (Å²) in [7, 11) is 1.50. The lowest BCUT2D eigenvalue weighted by Crippen LogP contribution is -2.50. The molecule has 0 unspecified atom stereocenters. The Labute approximate surface area is 129 Å². The molecule has 0 saturated carbocycles. The third-order valence-corrected chi connectivity index (χ3v) is 3.57. The molecular formula is C16H20N2O4. The van der Waals surface area contributed by atoms with E-state index in [1.54, 1.807) is 6.07 Å². The summed E-state index contributed by atoms with van der Waals surface area (Å²) in [6.07, 6.45) is 0.906. The van der Waals surface area contributed by atoms with Gasteiger partial charge in [0, 0.05) is 18.5 Å². The molecule has 22 heavy (non-hydrogen) atoms. The molecule has 1 N–H and O–H groups in total. The fourth-order valence-corrected chi connectivity index (χ4v) is 2.48. The molecule has 0 aliphatic carbocycles. The van der Waals surface area contributed by atoms with Gasteiger partial charge in [0.1, 0.15) is 5.75 Å². The van der Waals surface area contributed by atoms with Gasteiger partial charge in [-0.25, -0.2) is 9.69 Å². The molecule has 3 amide bonds. The van der Waals surface area contributed by atoms with E-state index in [1.807, 2.05) is 20.8 Å². The summed E-state index contributed by atoms with van der Waals surface area (Å²) < 4.78 is 5.35. The number of benzene rings is 1. The average Bonchev–Trinajstić information content (AvgIpc) is 2.45. The van der Waals surface area contributed by atoms with Crippen LogP contribution in [0, 0.1) is 0 Å². The molecule has 6 nitrogen and oxygen atoms in total. The van der Waals surface area contributed by atoms with Crippen LogP contribution in [-0.2, 0) is 10.2 Å². The molecule has 1 aromatic rings. The molecule has 1 heterocycles. The van der Waals surface area contributed by atoms with Gasteiger partial charge in [0.15, 0.2) is 6.29 Å². The van der Waals surface area contributed by atoms with Crippen LogP contribution >= 0.6 is 0 Å². The minimum Gasteiger partial charge on any atom is -0.496 e. The van der Waals surface area contributed by atoms with Crippen molar-refractivity contribution in [1.29, 1.82) is 0 Å². The topological polar surface area (TPSA) is 75.7 Å². The van der Waals surface area contributed by atoms with Crippen LogP contribution in [0.2, 0.25) is 0 Å². The number of nitrogens with zero attached hydrogens (tertiary/aromatic N) is 1. The smallest absolute Gasteiger partial charge is 0.328 e. The van der Waals surface area contributed by atoms with Crippen molar-refractivity contribution in [1.82, 2.24) is 5.32 Å². The van der Waals surface area contributed by atoms with Gasteiger partial charge in [-0.15, -0.1) is 0 Å². The number of anilines is 1. The van der Waals surface area contributed by atoms with Gasteiger partial charge in [0.05, 0.1) is 18.4 Å². The zero-order valence-electron chi connectivity index (χ0n) is 13.2. The molecule has 1 aliphatic heterocycles. The summed E-state index contributed by atoms with van der Waals surface area (Å²) in [6.45, 7) is 6.25. The van der Waals surface area contributed by atoms with Crippen LogP contribution in [0.25, 0.3) is 0 Å². The Hall–Kier alpha value is -2.37. The zero-order chi connectivity index (χ0) is 16.5. The van der Waals surface area contributed by atoms with E-state index < -0.39 is 6.03 Å². The lowest BCUT2D eigenvalue weighted by atomic mass is 9.84. The maximum absolute atomic E-state index is 12.1. The highest BCUT2D eigenvalue weighted by Crippen LogP contribution is 2.37. The largest absolute Gasteiger partial charge is 0.496 e. The summed E-state index contributed by atoms with van der Waals surface area (Å²) in [6, 6.07) is 2.76. The van der Waals surface area contributed by atoms with E-state index in [0.717, 1.165) is 10.5 Å². The standard InChI is InChI=1S/C16H20N2O4/c1-16(2,3)12-8-11(7-10(9-19)14(12)22-4)18-13(20)5-6-17-15(18)21/h7-9H,5-6H2,1-4H3,(H,17,21). The molecule has 1 fully saturated rings. The molecule has 0 spiro atoms. The number of urea groups is 1. The van der Waals surface area contributed by atoms with Crippen LogP contribution in [0.5, 0.6) is 5.75 Å². The van der Waals surface area contributed by atoms with Crippen molar-refractivity contribution in [3.8, 4) is 5.75 Å². The van der Waals surface area contributed by atoms with Crippen molar-refractivity contribution >= 4 is 23.9 Å². The lowest BCUT2D eigenvalue weighted by molar-refractivity contribution is -0.118. The van der Waals surface area contributed by atoms with E-state index >= 15 is 0 Å². The van der Waals surface area contributed by atoms with Crippen molar-refractivity contribution < 1.29 is 19.1 Å². The first kappa shape index (κ1) is 16.0. The number of carbonyl (C=O) groups excluding carboxylic acids is 3. The average molecular weight is 304 g/mol. The first-order chi connectivity index (χ1) is 10.3. The molecule has 0 atom stereocenters. The second kappa shape index (κ2) is 5.79. The summed E-state index contributed by atoms with van der Waals surface area (Å²) in [4.78, 5) is 36.5. The van der Waals surface area contributed by atoms with Crippen molar-refractivity contribution in [2.75, 3.05) is 18.6 Å². The molecular weight excluding hydrogens is 284 g/mol. The Morgan fingerprint density at radius 3 is 2.45 bits per heavy atom. The first-order valence-electron chi connectivity index (χ1n) is 7.08. The van der Waals surface area contributed by atoms with Gasteiger partial charge in [0.2, 0.25) is 5.91 Å². The van der Waals surface area contributed by atoms with Crippen LogP contribution in [0.3, 0.4) is 0 Å². The van der Waals surface area contributed by atoms with E-state index in [-0.39, 0.29) is 17.7 Å². The highest BCUT2D eigenvalue weighted by molar-refractivity contribution is 6.16. The van der Waals surface area contributed by atoms with Crippen molar-refractivity contribution in [3.63, 3.8) is 0 Å². The molecule has 1 aromatic carbocycles. The van der Waals surface area contributed by atoms with Gasteiger partial charge >= 0.3 is 6.03 Å². The van der Waals surface area contributed by atoms with Crippen molar-refractivity contribution in [2.45, 2.75) is 32.6 Å². The first-order valence-corrected chi connectivity index (χ1v) is 7.08. The molecule has 0 bridgehead atoms. The van der Waals surface area contributed by atoms with Crippen LogP contribution in [-0.4, -0.2) is 31.9 Å². The fraction of sp³-hybridized carbons (Fsp3) is 0.438. The number of imide groups is 1. The van der Waals surface area contributed by atoms with Crippen LogP contribution in [0.1, 0.15) is 43.1 Å². The molecule has 0 aromatic heterocycles. The Morgan fingerprint density at radius 2 is 1.95 bits per heavy atom. The number of nitrogens with one attached hydrogen (secondary N) is 1. The third-order valence-electron chi connectivity index (χ3n) is 3.57. The van der Waals surface area contributed by atoms with E-state index in [4.69, 9.17) is 4.74 Å². The molecule has 1 saturated heterocycles. The predicted molar refractivity (Wildman–Crippen MR) is 82.6 cm³/mol. The van der Waals surface area contributed by atoms with Crippen LogP contribution < -0.4 is 15.0 Å². The van der Waals surface area contributed by atoms with Crippen molar-refractivity contribution in [3.05, 3.63) is 23.3 Å². The summed E-state index contributed by atoms with van der Waals surface area (Å²) in [5, 5.41) is 2.63. The zero-order valence-corrected chi connectivity index (χ0v) is 13.2. The molecule has 1 aliphatic rings. The minimum absolute atomic E-state index is 0.235. The predicted octanol–water partition coefficient (Wildman–Crippen LogP) is 2.25. The maximum atomic E-state index is 12.1. The van der Waals surface area contributed by atoms with Gasteiger partial charge in [-0.1, -0.05) is 20.8 Å². The summed E-state index contributed by atoms with van der Waals surface area (Å²) >= 11 is 0. The molecule has 6 heteroatoms. The molecule has 2 rings (SSSR count). The highest BCUT2D eigenvalue weighted by Gasteiger charge is 2.30. The van der Waals surface area contributed by atoms with Crippen LogP contribution in [0.15, 0.2) is 12.1 Å². The van der Waals surface area contributed by atoms with E-state index in [9.17, 15) is 14.4 Å². The van der Waals surface area contributed by atoms with Gasteiger partial charge in [-0.05, 0) is 17.5 Å². The van der Waals surface area contributed by atoms with Gasteiger partial charge < -0.3 is 10.1 Å². The quantitative estimate of drug-likeness (QED) is 0.869. The number of ether oxygens (including phenoxy) is 1. The number of hydrogen-bond acceptors (Lipinski definition) is 4. The fourth-order valence-electron chi connectivity index (χ4n) is 2.48. The van der Waals surface area contributed by atoms with E-state index in [2.05, 4.69) is 5.32 Å². The van der Waals surface area contributed by atoms with Crippen molar-refractivity contribution in [2.24, 2.45) is 0 Å². The number of aldehydes is 1. The monoisotopic (exact) mass is 304 g/mol. The Morgan fingerprint density at radius 1 is 1.27 bits per heavy atom. The Kier molecular flexibility index (Phi) is 4.21. The van der Waals surface area contributed by atoms with Crippen LogP contribution in [0.4, 0.5) is 10.5 Å². The second-order valence-electron chi connectivity index (χ2n) is 6.19. The normalized spacial score (nSPS) is 15.5. The molecule has 0 radical (unpaired) electrons. The van der Waals surface area contributed by atoms with Gasteiger partial charge in [0.25, 0.3) is 0 Å². The number of carbonyl (C=O) groups is 3. The third kappa shape index (κ3) is 2.81. The number of methoxy groups -OCH3 is 1. The molecule has 118 valence electrons. The number of hydrogen-bond donors (Lipinski definition) is 1. The highest BCUT2D eigenvalue weighted by atomic mass is 16.5.